The highest BCUT2D eigenvalue weighted by molar-refractivity contribution is 5.94. The summed E-state index contributed by atoms with van der Waals surface area (Å²) in [6.07, 6.45) is -31.4. The lowest BCUT2D eigenvalue weighted by Gasteiger charge is -2.48. The summed E-state index contributed by atoms with van der Waals surface area (Å²) in [5.74, 6) is -3.56. The van der Waals surface area contributed by atoms with Crippen LogP contribution in [-0.2, 0) is 71.3 Å². The molecule has 0 spiro atoms. The maximum atomic E-state index is 13.9. The van der Waals surface area contributed by atoms with Gasteiger partial charge in [-0.15, -0.1) is 0 Å². The van der Waals surface area contributed by atoms with Crippen molar-refractivity contribution in [1.29, 1.82) is 0 Å². The van der Waals surface area contributed by atoms with Crippen LogP contribution in [0.1, 0.15) is 111 Å². The molecule has 5 amide bonds. The van der Waals surface area contributed by atoms with E-state index in [0.717, 1.165) is 53.4 Å². The number of hydrogen-bond donors (Lipinski definition) is 19. The SMILES string of the molecule is CCCCCC/C=C\CCCOc1cccc(C(=O)N[C@H]2C(O[C@H]3C(O)C(NC(C)=O)[C@H](OC(C)C(CO)O[C@@H](O[C@H]4C(O)C(NC(C)=O)C(OC(CO)C(CO[C@@H]5OC(C)C(O)[C@H](O)[C@H]5O)OC(O)[C@H](C)NC(C)=O)O[C@H]4CO)[C@H](O)NC(C)=O)O[C@H]3CO)OC(CO)[C@@H](O)[C@@H]2O)c1. The number of ether oxygens (including phenoxy) is 12. The van der Waals surface area contributed by atoms with Crippen molar-refractivity contribution in [3.8, 4) is 5.75 Å². The van der Waals surface area contributed by atoms with E-state index in [4.69, 9.17) is 56.8 Å². The van der Waals surface area contributed by atoms with Gasteiger partial charge in [0.1, 0.15) is 115 Å². The van der Waals surface area contributed by atoms with Gasteiger partial charge < -0.3 is 155 Å². The number of amides is 5. The number of carbonyl (C=O) groups excluding carboxylic acids is 5. The Morgan fingerprint density at radius 3 is 1.73 bits per heavy atom. The van der Waals surface area contributed by atoms with Crippen molar-refractivity contribution in [3.05, 3.63) is 42.0 Å². The Morgan fingerprint density at radius 2 is 1.14 bits per heavy atom. The lowest BCUT2D eigenvalue weighted by molar-refractivity contribution is -0.349. The molecule has 36 nitrogen and oxygen atoms in total. The van der Waals surface area contributed by atoms with Gasteiger partial charge in [0.25, 0.3) is 5.91 Å². The number of aliphatic hydroxyl groups excluding tert-OH is 14. The molecule has 0 bridgehead atoms. The third-order valence-electron chi connectivity index (χ3n) is 16.8. The van der Waals surface area contributed by atoms with Crippen molar-refractivity contribution in [3.63, 3.8) is 0 Å². The summed E-state index contributed by atoms with van der Waals surface area (Å²) in [6.45, 7) is 4.94. The summed E-state index contributed by atoms with van der Waals surface area (Å²) >= 11 is 0. The third-order valence-corrected chi connectivity index (χ3v) is 16.8. The molecule has 19 N–H and O–H groups in total. The second-order valence-corrected chi connectivity index (χ2v) is 24.8. The molecule has 14 unspecified atom stereocenters. The van der Waals surface area contributed by atoms with Gasteiger partial charge in [0.05, 0.1) is 64.5 Å². The van der Waals surface area contributed by atoms with Gasteiger partial charge >= 0.3 is 0 Å². The summed E-state index contributed by atoms with van der Waals surface area (Å²) in [4.78, 5) is 64.0. The average molecular weight is 1430 g/mol. The standard InChI is InChI=1S/C63H105N5O31/c1-9-10-11-12-13-14-15-16-17-21-88-37-20-18-19-36(22-37)56(85)68-44-49(80)48(79)40(25-71)95-61(44)98-54-41(26-72)96-59(45(50(54)81)65-33(6)75)90-30(3)38(23-69)93-63(57(86)67-35(8)77)99-55-42(27-73)97-60(46(51(55)82)66-34(7)76)94-39(24-70)43(92-58(87)29(2)64-32(5)74)28-89-62-53(84)52(83)47(78)31(4)91-62/h14-15,18-20,22,29-31,38-55,57-63,69-73,78-84,86-87H,9-13,16-17,21,23-28H2,1-8H3,(H,64,74)(H,65,75)(H,66,76)(H,67,77)(H,68,85)/b15-14-/t29-,30?,31?,38?,39?,40?,41-,42-,43?,44+,45?,46?,47?,48+,49+,50?,51?,52-,53+,54+,55+,57-,58?,59+,60?,61?,62+,63-/m0/s1. The molecular weight excluding hydrogens is 1320 g/mol. The lowest BCUT2D eigenvalue weighted by atomic mass is 9.94. The first kappa shape index (κ1) is 84.8. The number of nitrogens with one attached hydrogen (secondary N) is 5. The van der Waals surface area contributed by atoms with Crippen molar-refractivity contribution in [1.82, 2.24) is 26.6 Å². The minimum Gasteiger partial charge on any atom is -0.494 e. The molecule has 0 aliphatic carbocycles. The molecule has 1 aromatic carbocycles. The minimum atomic E-state index is -2.22. The Kier molecular flexibility index (Phi) is 36.0. The molecule has 5 rings (SSSR count). The van der Waals surface area contributed by atoms with Gasteiger partial charge in [-0.1, -0.05) is 44.4 Å². The van der Waals surface area contributed by atoms with E-state index >= 15 is 0 Å². The number of allylic oxidation sites excluding steroid dienone is 2. The summed E-state index contributed by atoms with van der Waals surface area (Å²) in [7, 11) is 0. The zero-order valence-corrected chi connectivity index (χ0v) is 56.7. The van der Waals surface area contributed by atoms with Crippen LogP contribution < -0.4 is 31.3 Å². The lowest BCUT2D eigenvalue weighted by Crippen LogP contribution is -2.69. The van der Waals surface area contributed by atoms with Gasteiger partial charge in [-0.3, -0.25) is 24.0 Å². The zero-order valence-electron chi connectivity index (χ0n) is 56.7. The number of hydrogen-bond acceptors (Lipinski definition) is 31. The Morgan fingerprint density at radius 1 is 0.566 bits per heavy atom. The molecule has 0 saturated carbocycles. The van der Waals surface area contributed by atoms with Crippen molar-refractivity contribution in [2.75, 3.05) is 46.2 Å². The first-order valence-electron chi connectivity index (χ1n) is 33.1. The monoisotopic (exact) mass is 1430 g/mol. The summed E-state index contributed by atoms with van der Waals surface area (Å²) in [5.41, 5.74) is 0.0532. The maximum absolute atomic E-state index is 13.9. The van der Waals surface area contributed by atoms with E-state index in [1.165, 1.54) is 45.7 Å². The van der Waals surface area contributed by atoms with Crippen molar-refractivity contribution < 1.29 is 152 Å². The van der Waals surface area contributed by atoms with E-state index in [2.05, 4.69) is 45.7 Å². The van der Waals surface area contributed by atoms with Gasteiger partial charge in [-0.25, -0.2) is 0 Å². The second kappa shape index (κ2) is 42.0. The van der Waals surface area contributed by atoms with Crippen molar-refractivity contribution in [2.24, 2.45) is 0 Å². The number of unbranched alkanes of at least 4 members (excludes halogenated alkanes) is 5. The van der Waals surface area contributed by atoms with Crippen molar-refractivity contribution in [2.45, 2.75) is 272 Å². The van der Waals surface area contributed by atoms with Gasteiger partial charge in [0.2, 0.25) is 29.9 Å². The number of rotatable bonds is 40. The Labute approximate surface area is 573 Å². The van der Waals surface area contributed by atoms with E-state index in [-0.39, 0.29) is 5.56 Å². The fourth-order valence-electron chi connectivity index (χ4n) is 11.3. The minimum absolute atomic E-state index is 0.0532. The Hall–Kier alpha value is -4.89. The molecule has 0 aromatic heterocycles. The van der Waals surface area contributed by atoms with Crippen LogP contribution in [0.15, 0.2) is 36.4 Å². The zero-order chi connectivity index (χ0) is 73.4. The van der Waals surface area contributed by atoms with Gasteiger partial charge in [-0.05, 0) is 64.7 Å². The number of carbonyl (C=O) groups is 5. The molecule has 0 radical (unpaired) electrons. The highest BCUT2D eigenvalue weighted by Crippen LogP contribution is 2.34. The third kappa shape index (κ3) is 24.9. The molecule has 36 heteroatoms. The smallest absolute Gasteiger partial charge is 0.251 e. The molecule has 4 heterocycles. The van der Waals surface area contributed by atoms with Crippen LogP contribution in [0.4, 0.5) is 0 Å². The molecule has 4 saturated heterocycles. The van der Waals surface area contributed by atoms with E-state index in [1.54, 1.807) is 12.1 Å². The largest absolute Gasteiger partial charge is 0.494 e. The van der Waals surface area contributed by atoms with E-state index < -0.39 is 241 Å². The quantitative estimate of drug-likeness (QED) is 0.0165. The van der Waals surface area contributed by atoms with Gasteiger partial charge in [0, 0.05) is 33.3 Å². The first-order valence-corrected chi connectivity index (χ1v) is 33.1. The predicted octanol–water partition coefficient (Wildman–Crippen LogP) is -6.14. The highest BCUT2D eigenvalue weighted by atomic mass is 16.8. The number of aliphatic hydroxyl groups is 14. The second-order valence-electron chi connectivity index (χ2n) is 24.8. The molecule has 28 atom stereocenters. The van der Waals surface area contributed by atoms with Crippen LogP contribution >= 0.6 is 0 Å². The van der Waals surface area contributed by atoms with Crippen LogP contribution in [-0.4, -0.2) is 319 Å². The maximum Gasteiger partial charge on any atom is 0.251 e. The highest BCUT2D eigenvalue weighted by Gasteiger charge is 2.54. The topological polar surface area (TPSA) is 539 Å². The Balaban J connectivity index is 1.35. The fourth-order valence-corrected chi connectivity index (χ4v) is 11.3. The average Bonchev–Trinajstić information content (AvgIpc) is 0.789. The van der Waals surface area contributed by atoms with Crippen LogP contribution in [0.25, 0.3) is 0 Å². The van der Waals surface area contributed by atoms with Crippen LogP contribution in [0.2, 0.25) is 0 Å². The van der Waals surface area contributed by atoms with Gasteiger partial charge in [-0.2, -0.15) is 0 Å². The predicted molar refractivity (Wildman–Crippen MR) is 337 cm³/mol. The molecule has 568 valence electrons. The molecule has 4 aliphatic rings. The fraction of sp³-hybridized carbons (Fsp3) is 0.794. The summed E-state index contributed by atoms with van der Waals surface area (Å²) in [6, 6.07) is -0.128. The van der Waals surface area contributed by atoms with Crippen LogP contribution in [0, 0.1) is 0 Å². The van der Waals surface area contributed by atoms with Crippen LogP contribution in [0.5, 0.6) is 5.75 Å². The molecular formula is C63H105N5O31. The summed E-state index contributed by atoms with van der Waals surface area (Å²) < 4.78 is 71.5. The van der Waals surface area contributed by atoms with Gasteiger partial charge in [0.15, 0.2) is 37.7 Å². The van der Waals surface area contributed by atoms with E-state index in [0.29, 0.717) is 18.8 Å². The normalized spacial score (nSPS) is 32.9. The van der Waals surface area contributed by atoms with Crippen molar-refractivity contribution >= 4 is 29.5 Å². The molecule has 4 fully saturated rings. The Bertz CT molecular complexity index is 2620. The van der Waals surface area contributed by atoms with E-state index in [1.807, 2.05) is 0 Å². The molecule has 1 aromatic rings. The first-order chi connectivity index (χ1) is 47.0. The molecule has 4 aliphatic heterocycles. The molecule has 99 heavy (non-hydrogen) atoms. The van der Waals surface area contributed by atoms with Crippen LogP contribution in [0.3, 0.4) is 0 Å². The van der Waals surface area contributed by atoms with E-state index in [9.17, 15) is 95.5 Å². The summed E-state index contributed by atoms with van der Waals surface area (Å²) in [5, 5.41) is 166. The number of benzene rings is 1.